The van der Waals surface area contributed by atoms with Gasteiger partial charge in [-0.3, -0.25) is 9.59 Å². The molecule has 0 aromatic heterocycles. The molecule has 0 unspecified atom stereocenters. The molecule has 1 aromatic carbocycles. The average molecular weight is 261 g/mol. The van der Waals surface area contributed by atoms with Crippen molar-refractivity contribution in [2.24, 2.45) is 11.5 Å². The minimum atomic E-state index is -0.628. The molecule has 0 atom stereocenters. The van der Waals surface area contributed by atoms with Gasteiger partial charge in [0.25, 0.3) is 0 Å². The molecule has 2 amide bonds. The summed E-state index contributed by atoms with van der Waals surface area (Å²) in [5, 5.41) is 0. The molecule has 1 aliphatic rings. The van der Waals surface area contributed by atoms with E-state index >= 15 is 0 Å². The second-order valence-electron chi connectivity index (χ2n) is 5.63. The lowest BCUT2D eigenvalue weighted by molar-refractivity contribution is -0.126. The van der Waals surface area contributed by atoms with Crippen LogP contribution in [0.3, 0.4) is 0 Å². The highest BCUT2D eigenvalue weighted by molar-refractivity contribution is 6.19. The van der Waals surface area contributed by atoms with E-state index in [2.05, 4.69) is 0 Å². The Balaban J connectivity index is 2.30. The normalized spacial score (nSPS) is 14.7. The van der Waals surface area contributed by atoms with Crippen LogP contribution in [0.15, 0.2) is 18.2 Å². The number of imide groups is 1. The molecular formula is C14H19N3O2. The molecule has 5 nitrogen and oxygen atoms in total. The number of amides is 2. The number of rotatable bonds is 3. The van der Waals surface area contributed by atoms with Crippen molar-refractivity contribution in [1.29, 1.82) is 0 Å². The molecule has 0 spiro atoms. The van der Waals surface area contributed by atoms with E-state index in [0.717, 1.165) is 11.1 Å². The number of nitrogens with zero attached hydrogens (tertiary/aromatic N) is 1. The SMILES string of the molecule is CC(C)(N)CC(=O)N1C(=O)Cc2cc(CN)ccc21. The zero-order valence-electron chi connectivity index (χ0n) is 11.3. The summed E-state index contributed by atoms with van der Waals surface area (Å²) in [6.45, 7) is 3.96. The van der Waals surface area contributed by atoms with Crippen LogP contribution in [0.5, 0.6) is 0 Å². The number of fused-ring (bicyclic) bond motifs is 1. The van der Waals surface area contributed by atoms with E-state index in [4.69, 9.17) is 11.5 Å². The molecule has 0 fully saturated rings. The molecule has 1 heterocycles. The van der Waals surface area contributed by atoms with E-state index in [9.17, 15) is 9.59 Å². The predicted molar refractivity (Wildman–Crippen MR) is 73.4 cm³/mol. The fourth-order valence-corrected chi connectivity index (χ4v) is 2.24. The maximum Gasteiger partial charge on any atom is 0.238 e. The minimum Gasteiger partial charge on any atom is -0.326 e. The third-order valence-corrected chi connectivity index (χ3v) is 3.07. The minimum absolute atomic E-state index is 0.136. The molecule has 102 valence electrons. The molecule has 0 bridgehead atoms. The number of benzene rings is 1. The van der Waals surface area contributed by atoms with Crippen LogP contribution in [0.4, 0.5) is 5.69 Å². The van der Waals surface area contributed by atoms with Crippen LogP contribution >= 0.6 is 0 Å². The number of carbonyl (C=O) groups excluding carboxylic acids is 2. The van der Waals surface area contributed by atoms with Crippen LogP contribution in [-0.2, 0) is 22.6 Å². The largest absolute Gasteiger partial charge is 0.326 e. The first-order valence-corrected chi connectivity index (χ1v) is 6.28. The third kappa shape index (κ3) is 2.83. The van der Waals surface area contributed by atoms with Crippen LogP contribution in [0.2, 0.25) is 0 Å². The van der Waals surface area contributed by atoms with Gasteiger partial charge in [-0.15, -0.1) is 0 Å². The topological polar surface area (TPSA) is 89.4 Å². The third-order valence-electron chi connectivity index (χ3n) is 3.07. The molecule has 0 saturated heterocycles. The first-order valence-electron chi connectivity index (χ1n) is 6.28. The lowest BCUT2D eigenvalue weighted by Crippen LogP contribution is -2.42. The van der Waals surface area contributed by atoms with Crippen molar-refractivity contribution in [3.8, 4) is 0 Å². The van der Waals surface area contributed by atoms with E-state index < -0.39 is 5.54 Å². The number of carbonyl (C=O) groups is 2. The summed E-state index contributed by atoms with van der Waals surface area (Å²) in [7, 11) is 0. The molecule has 5 heteroatoms. The molecule has 19 heavy (non-hydrogen) atoms. The first kappa shape index (κ1) is 13.7. The van der Waals surface area contributed by atoms with Crippen LogP contribution in [0.1, 0.15) is 31.4 Å². The number of nitrogens with two attached hydrogens (primary N) is 2. The molecule has 0 saturated carbocycles. The summed E-state index contributed by atoms with van der Waals surface area (Å²) in [5.41, 5.74) is 13.3. The number of hydrogen-bond donors (Lipinski definition) is 2. The van der Waals surface area contributed by atoms with E-state index in [1.54, 1.807) is 19.9 Å². The molecule has 2 rings (SSSR count). The predicted octanol–water partition coefficient (Wildman–Crippen LogP) is 0.688. The van der Waals surface area contributed by atoms with Gasteiger partial charge in [0.05, 0.1) is 12.1 Å². The van der Waals surface area contributed by atoms with E-state index in [1.807, 2.05) is 12.1 Å². The van der Waals surface area contributed by atoms with Crippen molar-refractivity contribution in [3.63, 3.8) is 0 Å². The number of anilines is 1. The molecule has 1 aromatic rings. The van der Waals surface area contributed by atoms with Crippen molar-refractivity contribution >= 4 is 17.5 Å². The Hall–Kier alpha value is -1.72. The Morgan fingerprint density at radius 3 is 2.68 bits per heavy atom. The molecule has 1 aliphatic heterocycles. The van der Waals surface area contributed by atoms with Crippen LogP contribution in [0, 0.1) is 0 Å². The van der Waals surface area contributed by atoms with Crippen molar-refractivity contribution in [3.05, 3.63) is 29.3 Å². The van der Waals surface area contributed by atoms with Crippen molar-refractivity contribution < 1.29 is 9.59 Å². The monoisotopic (exact) mass is 261 g/mol. The van der Waals surface area contributed by atoms with Gasteiger partial charge in [-0.05, 0) is 31.0 Å². The van der Waals surface area contributed by atoms with Gasteiger partial charge in [-0.2, -0.15) is 0 Å². The number of hydrogen-bond acceptors (Lipinski definition) is 4. The van der Waals surface area contributed by atoms with E-state index in [1.165, 1.54) is 4.90 Å². The van der Waals surface area contributed by atoms with Gasteiger partial charge in [-0.25, -0.2) is 4.90 Å². The second kappa shape index (κ2) is 4.75. The van der Waals surface area contributed by atoms with Gasteiger partial charge in [0.1, 0.15) is 0 Å². The van der Waals surface area contributed by atoms with Gasteiger partial charge in [-0.1, -0.05) is 12.1 Å². The summed E-state index contributed by atoms with van der Waals surface area (Å²) in [5.74, 6) is -0.449. The van der Waals surface area contributed by atoms with Gasteiger partial charge < -0.3 is 11.5 Å². The van der Waals surface area contributed by atoms with Gasteiger partial charge in [0.2, 0.25) is 11.8 Å². The van der Waals surface area contributed by atoms with E-state index in [-0.39, 0.29) is 24.7 Å². The maximum absolute atomic E-state index is 12.2. The van der Waals surface area contributed by atoms with Crippen molar-refractivity contribution in [2.45, 2.75) is 38.8 Å². The Morgan fingerprint density at radius 1 is 1.42 bits per heavy atom. The highest BCUT2D eigenvalue weighted by Gasteiger charge is 2.34. The molecule has 0 radical (unpaired) electrons. The quantitative estimate of drug-likeness (QED) is 0.837. The lowest BCUT2D eigenvalue weighted by Gasteiger charge is -2.22. The van der Waals surface area contributed by atoms with Crippen molar-refractivity contribution in [1.82, 2.24) is 0 Å². The summed E-state index contributed by atoms with van der Waals surface area (Å²) in [4.78, 5) is 25.4. The maximum atomic E-state index is 12.2. The van der Waals surface area contributed by atoms with Crippen molar-refractivity contribution in [2.75, 3.05) is 4.90 Å². The Morgan fingerprint density at radius 2 is 2.11 bits per heavy atom. The van der Waals surface area contributed by atoms with Gasteiger partial charge in [0, 0.05) is 18.5 Å². The molecule has 4 N–H and O–H groups in total. The standard InChI is InChI=1S/C14H19N3O2/c1-14(2,16)7-13(19)17-11-4-3-9(8-15)5-10(11)6-12(17)18/h3-5H,6-8,15-16H2,1-2H3. The van der Waals surface area contributed by atoms with Crippen LogP contribution < -0.4 is 16.4 Å². The average Bonchev–Trinajstić information content (AvgIpc) is 2.61. The van der Waals surface area contributed by atoms with Gasteiger partial charge >= 0.3 is 0 Å². The molecule has 0 aliphatic carbocycles. The second-order valence-corrected chi connectivity index (χ2v) is 5.63. The van der Waals surface area contributed by atoms with Crippen LogP contribution in [-0.4, -0.2) is 17.4 Å². The summed E-state index contributed by atoms with van der Waals surface area (Å²) < 4.78 is 0. The van der Waals surface area contributed by atoms with Gasteiger partial charge in [0.15, 0.2) is 0 Å². The fourth-order valence-electron chi connectivity index (χ4n) is 2.24. The Labute approximate surface area is 112 Å². The highest BCUT2D eigenvalue weighted by Crippen LogP contribution is 2.30. The highest BCUT2D eigenvalue weighted by atomic mass is 16.2. The smallest absolute Gasteiger partial charge is 0.238 e. The Kier molecular flexibility index (Phi) is 3.43. The van der Waals surface area contributed by atoms with Crippen LogP contribution in [0.25, 0.3) is 0 Å². The Bertz CT molecular complexity index is 532. The lowest BCUT2D eigenvalue weighted by atomic mass is 10.0. The first-order chi connectivity index (χ1) is 8.81. The molecular weight excluding hydrogens is 242 g/mol. The fraction of sp³-hybridized carbons (Fsp3) is 0.429. The zero-order valence-corrected chi connectivity index (χ0v) is 11.3. The summed E-state index contributed by atoms with van der Waals surface area (Å²) in [6.07, 6.45) is 0.386. The zero-order chi connectivity index (χ0) is 14.2. The summed E-state index contributed by atoms with van der Waals surface area (Å²) in [6, 6.07) is 5.50. The van der Waals surface area contributed by atoms with E-state index in [0.29, 0.717) is 12.2 Å². The summed E-state index contributed by atoms with van der Waals surface area (Å²) >= 11 is 0.